The van der Waals surface area contributed by atoms with Gasteiger partial charge in [-0.05, 0) is 38.5 Å². The highest BCUT2D eigenvalue weighted by molar-refractivity contribution is 6.04. The molecule has 0 spiro atoms. The zero-order valence-corrected chi connectivity index (χ0v) is 15.2. The molecular formula is C20H21NO5. The van der Waals surface area contributed by atoms with Crippen molar-refractivity contribution in [3.05, 3.63) is 58.4 Å². The van der Waals surface area contributed by atoms with E-state index in [1.165, 1.54) is 13.0 Å². The van der Waals surface area contributed by atoms with E-state index in [9.17, 15) is 14.4 Å². The van der Waals surface area contributed by atoms with Crippen LogP contribution in [0.15, 0.2) is 30.3 Å². The first kappa shape index (κ1) is 19.2. The number of hydrogen-bond donors (Lipinski definition) is 1. The number of carbonyl (C=O) groups excluding carboxylic acids is 3. The summed E-state index contributed by atoms with van der Waals surface area (Å²) in [6, 6.07) is 7.21. The van der Waals surface area contributed by atoms with E-state index in [0.29, 0.717) is 22.6 Å². The zero-order valence-electron chi connectivity index (χ0n) is 15.2. The molecule has 26 heavy (non-hydrogen) atoms. The number of hydrogen-bond acceptors (Lipinski definition) is 5. The van der Waals surface area contributed by atoms with Gasteiger partial charge in [0.15, 0.2) is 12.4 Å². The van der Waals surface area contributed by atoms with Gasteiger partial charge in [0.2, 0.25) is 5.78 Å². The van der Waals surface area contributed by atoms with Crippen molar-refractivity contribution in [2.75, 3.05) is 13.7 Å². The molecule has 0 saturated carbocycles. The molecule has 1 N–H and O–H groups in total. The second kappa shape index (κ2) is 8.29. The topological polar surface area (TPSA) is 85.5 Å². The molecule has 1 heterocycles. The lowest BCUT2D eigenvalue weighted by molar-refractivity contribution is -0.136. The molecule has 6 heteroatoms. The van der Waals surface area contributed by atoms with Crippen molar-refractivity contribution in [1.82, 2.24) is 4.98 Å². The van der Waals surface area contributed by atoms with Gasteiger partial charge in [-0.2, -0.15) is 0 Å². The summed E-state index contributed by atoms with van der Waals surface area (Å²) in [5.41, 5.74) is 2.70. The number of para-hydroxylation sites is 1. The number of ether oxygens (including phenoxy) is 2. The fourth-order valence-corrected chi connectivity index (χ4v) is 2.78. The van der Waals surface area contributed by atoms with Gasteiger partial charge in [0.05, 0.1) is 12.8 Å². The summed E-state index contributed by atoms with van der Waals surface area (Å²) in [6.45, 7) is 4.45. The highest BCUT2D eigenvalue weighted by Crippen LogP contribution is 2.20. The van der Waals surface area contributed by atoms with E-state index in [1.54, 1.807) is 39.2 Å². The van der Waals surface area contributed by atoms with Gasteiger partial charge in [-0.3, -0.25) is 9.59 Å². The van der Waals surface area contributed by atoms with Gasteiger partial charge in [-0.25, -0.2) is 4.79 Å². The summed E-state index contributed by atoms with van der Waals surface area (Å²) in [5, 5.41) is 0. The third-order valence-electron chi connectivity index (χ3n) is 3.95. The minimum Gasteiger partial charge on any atom is -0.496 e. The van der Waals surface area contributed by atoms with Gasteiger partial charge >= 0.3 is 5.97 Å². The van der Waals surface area contributed by atoms with E-state index < -0.39 is 18.4 Å². The van der Waals surface area contributed by atoms with Gasteiger partial charge in [0.1, 0.15) is 5.75 Å². The number of H-pyrrole nitrogens is 1. The molecule has 0 aliphatic rings. The highest BCUT2D eigenvalue weighted by atomic mass is 16.5. The van der Waals surface area contributed by atoms with Crippen LogP contribution in [0.25, 0.3) is 6.08 Å². The maximum absolute atomic E-state index is 12.3. The van der Waals surface area contributed by atoms with Crippen LogP contribution in [0.4, 0.5) is 0 Å². The van der Waals surface area contributed by atoms with Gasteiger partial charge in [-0.1, -0.05) is 18.2 Å². The number of aromatic amines is 1. The molecular weight excluding hydrogens is 334 g/mol. The normalized spacial score (nSPS) is 10.8. The number of methoxy groups -OCH3 is 1. The van der Waals surface area contributed by atoms with Crippen LogP contribution in [0.1, 0.15) is 44.6 Å². The zero-order chi connectivity index (χ0) is 19.3. The third-order valence-corrected chi connectivity index (χ3v) is 3.95. The Morgan fingerprint density at radius 1 is 1.15 bits per heavy atom. The fraction of sp³-hybridized carbons (Fsp3) is 0.250. The Labute approximate surface area is 151 Å². The van der Waals surface area contributed by atoms with Crippen molar-refractivity contribution in [3.8, 4) is 5.75 Å². The smallest absolute Gasteiger partial charge is 0.331 e. The van der Waals surface area contributed by atoms with Crippen LogP contribution in [0, 0.1) is 13.8 Å². The van der Waals surface area contributed by atoms with Crippen molar-refractivity contribution < 1.29 is 23.9 Å². The van der Waals surface area contributed by atoms with E-state index in [-0.39, 0.29) is 11.5 Å². The van der Waals surface area contributed by atoms with Crippen molar-refractivity contribution in [3.63, 3.8) is 0 Å². The molecule has 136 valence electrons. The van der Waals surface area contributed by atoms with Crippen LogP contribution in [0.3, 0.4) is 0 Å². The number of aryl methyl sites for hydroxylation is 1. The van der Waals surface area contributed by atoms with E-state index >= 15 is 0 Å². The summed E-state index contributed by atoms with van der Waals surface area (Å²) in [6.07, 6.45) is 2.79. The Bertz CT molecular complexity index is 876. The molecule has 0 atom stereocenters. The predicted molar refractivity (Wildman–Crippen MR) is 97.6 cm³/mol. The molecule has 6 nitrogen and oxygen atoms in total. The Morgan fingerprint density at radius 3 is 2.46 bits per heavy atom. The molecule has 0 amide bonds. The minimum atomic E-state index is -0.642. The molecule has 0 fully saturated rings. The number of Topliss-reactive ketones (excluding diaryl/α,β-unsaturated/α-hetero) is 2. The van der Waals surface area contributed by atoms with Gasteiger partial charge in [0.25, 0.3) is 0 Å². The quantitative estimate of drug-likeness (QED) is 0.468. The van der Waals surface area contributed by atoms with Gasteiger partial charge < -0.3 is 14.5 Å². The molecule has 1 aromatic carbocycles. The average Bonchev–Trinajstić information content (AvgIpc) is 2.92. The third kappa shape index (κ3) is 4.27. The van der Waals surface area contributed by atoms with Crippen LogP contribution < -0.4 is 4.74 Å². The molecule has 2 aromatic rings. The van der Waals surface area contributed by atoms with Crippen LogP contribution in [-0.2, 0) is 9.53 Å². The van der Waals surface area contributed by atoms with Crippen LogP contribution in [-0.4, -0.2) is 36.2 Å². The molecule has 0 aliphatic carbocycles. The largest absolute Gasteiger partial charge is 0.496 e. The maximum Gasteiger partial charge on any atom is 0.331 e. The van der Waals surface area contributed by atoms with Gasteiger partial charge in [0, 0.05) is 22.9 Å². The monoisotopic (exact) mass is 355 g/mol. The van der Waals surface area contributed by atoms with Crippen molar-refractivity contribution in [2.45, 2.75) is 20.8 Å². The lowest BCUT2D eigenvalue weighted by atomic mass is 10.1. The number of carbonyl (C=O) groups is 3. The fourth-order valence-electron chi connectivity index (χ4n) is 2.78. The van der Waals surface area contributed by atoms with Crippen molar-refractivity contribution in [1.29, 1.82) is 0 Å². The van der Waals surface area contributed by atoms with Gasteiger partial charge in [-0.15, -0.1) is 0 Å². The van der Waals surface area contributed by atoms with E-state index in [4.69, 9.17) is 9.47 Å². The summed E-state index contributed by atoms with van der Waals surface area (Å²) in [7, 11) is 1.54. The summed E-state index contributed by atoms with van der Waals surface area (Å²) in [5.74, 6) is -0.525. The first-order chi connectivity index (χ1) is 12.3. The van der Waals surface area contributed by atoms with Crippen LogP contribution in [0.5, 0.6) is 5.75 Å². The lowest BCUT2D eigenvalue weighted by Gasteiger charge is -2.04. The number of ketones is 2. The molecule has 0 unspecified atom stereocenters. The van der Waals surface area contributed by atoms with E-state index in [1.807, 2.05) is 12.1 Å². The number of rotatable bonds is 7. The number of aromatic nitrogens is 1. The Hall–Kier alpha value is -3.15. The maximum atomic E-state index is 12.3. The Kier molecular flexibility index (Phi) is 6.11. The second-order valence-corrected chi connectivity index (χ2v) is 5.79. The molecule has 2 rings (SSSR count). The minimum absolute atomic E-state index is 0.118. The first-order valence-electron chi connectivity index (χ1n) is 8.06. The summed E-state index contributed by atoms with van der Waals surface area (Å²) < 4.78 is 10.2. The van der Waals surface area contributed by atoms with Crippen LogP contribution in [0.2, 0.25) is 0 Å². The molecule has 0 saturated heterocycles. The molecule has 0 radical (unpaired) electrons. The number of benzene rings is 1. The average molecular weight is 355 g/mol. The van der Waals surface area contributed by atoms with E-state index in [2.05, 4.69) is 4.98 Å². The molecule has 1 aromatic heterocycles. The summed E-state index contributed by atoms with van der Waals surface area (Å²) >= 11 is 0. The number of esters is 1. The standard InChI is InChI=1S/C20H21NO5/c1-12-19(14(3)22)13(2)21-20(12)16(23)11-26-18(24)10-9-15-7-5-6-8-17(15)25-4/h5-10,21H,11H2,1-4H3. The molecule has 0 bridgehead atoms. The second-order valence-electron chi connectivity index (χ2n) is 5.79. The SMILES string of the molecule is COc1ccccc1C=CC(=O)OCC(=O)c1[nH]c(C)c(C(C)=O)c1C. The van der Waals surface area contributed by atoms with Crippen LogP contribution >= 0.6 is 0 Å². The first-order valence-corrected chi connectivity index (χ1v) is 8.06. The molecule has 0 aliphatic heterocycles. The number of nitrogens with one attached hydrogen (secondary N) is 1. The Balaban J connectivity index is 2.01. The lowest BCUT2D eigenvalue weighted by Crippen LogP contribution is -2.14. The highest BCUT2D eigenvalue weighted by Gasteiger charge is 2.20. The Morgan fingerprint density at radius 2 is 1.85 bits per heavy atom. The predicted octanol–water partition coefficient (Wildman–Crippen LogP) is 3.28. The summed E-state index contributed by atoms with van der Waals surface area (Å²) in [4.78, 5) is 38.6. The van der Waals surface area contributed by atoms with Crippen molar-refractivity contribution in [2.24, 2.45) is 0 Å². The van der Waals surface area contributed by atoms with Crippen molar-refractivity contribution >= 4 is 23.6 Å². The van der Waals surface area contributed by atoms with E-state index in [0.717, 1.165) is 5.56 Å².